The van der Waals surface area contributed by atoms with E-state index in [1.54, 1.807) is 0 Å². The molecule has 114 valence electrons. The molecule has 0 bridgehead atoms. The summed E-state index contributed by atoms with van der Waals surface area (Å²) < 4.78 is 30.7. The maximum atomic E-state index is 13.9. The van der Waals surface area contributed by atoms with Crippen molar-refractivity contribution in [3.05, 3.63) is 34.6 Å². The summed E-state index contributed by atoms with van der Waals surface area (Å²) >= 11 is 0.154. The zero-order valence-corrected chi connectivity index (χ0v) is 12.9. The van der Waals surface area contributed by atoms with Gasteiger partial charge >= 0.3 is 16.9 Å². The molecule has 2 unspecified atom stereocenters. The minimum absolute atomic E-state index is 0.00204. The summed E-state index contributed by atoms with van der Waals surface area (Å²) in [5, 5.41) is -1.00. The predicted molar refractivity (Wildman–Crippen MR) is 78.7 cm³/mol. The molecule has 0 saturated carbocycles. The lowest BCUT2D eigenvalue weighted by Crippen LogP contribution is -2.24. The molecule has 2 rings (SSSR count). The first kappa shape index (κ1) is 16.0. The van der Waals surface area contributed by atoms with Crippen LogP contribution < -0.4 is 5.73 Å². The highest BCUT2D eigenvalue weighted by Gasteiger charge is 2.38. The van der Waals surface area contributed by atoms with Gasteiger partial charge in [-0.2, -0.15) is 0 Å². The molecule has 1 aliphatic heterocycles. The summed E-state index contributed by atoms with van der Waals surface area (Å²) in [6, 6.07) is 2.80. The number of hydrogen-bond acceptors (Lipinski definition) is 3. The molecule has 1 aliphatic rings. The standard InChI is InChI=1S/C15H18FNO3S/c1-8(2)11-5-10(16)6-12(9-3-4-20-7-9)13(11)14(21-19)15(17)18/h5-6,8-9,14H,3-4,7H2,1-2H3,(H-,17,18)/p+1. The predicted octanol–water partition coefficient (Wildman–Crippen LogP) is 2.41. The van der Waals surface area contributed by atoms with E-state index in [0.29, 0.717) is 29.9 Å². The number of rotatable bonds is 5. The van der Waals surface area contributed by atoms with Gasteiger partial charge in [0, 0.05) is 22.3 Å². The number of amides is 1. The summed E-state index contributed by atoms with van der Waals surface area (Å²) in [4.78, 5) is 11.6. The number of halogens is 1. The number of primary amides is 1. The fourth-order valence-electron chi connectivity index (χ4n) is 2.80. The number of ether oxygens (including phenoxy) is 1. The summed E-state index contributed by atoms with van der Waals surface area (Å²) in [6.07, 6.45) is 0.753. The van der Waals surface area contributed by atoms with Gasteiger partial charge in [-0.3, -0.25) is 4.79 Å². The Bertz CT molecular complexity index is 556. The van der Waals surface area contributed by atoms with Gasteiger partial charge in [-0.05, 0) is 35.6 Å². The fraction of sp³-hybridized carbons (Fsp3) is 0.533. The van der Waals surface area contributed by atoms with E-state index in [1.807, 2.05) is 13.8 Å². The lowest BCUT2D eigenvalue weighted by molar-refractivity contribution is -0.117. The van der Waals surface area contributed by atoms with Crippen LogP contribution in [-0.4, -0.2) is 19.1 Å². The SMILES string of the molecule is CC(C)c1cc(F)cc(C2CCOC2)c1C([S+]=O)C(N)=O. The van der Waals surface area contributed by atoms with E-state index >= 15 is 0 Å². The van der Waals surface area contributed by atoms with Crippen LogP contribution in [0.3, 0.4) is 0 Å². The van der Waals surface area contributed by atoms with Crippen molar-refractivity contribution < 1.29 is 18.1 Å². The van der Waals surface area contributed by atoms with E-state index in [9.17, 15) is 13.4 Å². The van der Waals surface area contributed by atoms with Crippen LogP contribution in [0.15, 0.2) is 12.1 Å². The van der Waals surface area contributed by atoms with Crippen molar-refractivity contribution in [2.75, 3.05) is 13.2 Å². The molecule has 0 spiro atoms. The molecule has 6 heteroatoms. The lowest BCUT2D eigenvalue weighted by atomic mass is 9.85. The van der Waals surface area contributed by atoms with Gasteiger partial charge < -0.3 is 10.5 Å². The second-order valence-corrected chi connectivity index (χ2v) is 6.26. The van der Waals surface area contributed by atoms with Crippen LogP contribution in [0, 0.1) is 5.82 Å². The molecule has 1 fully saturated rings. The van der Waals surface area contributed by atoms with E-state index in [1.165, 1.54) is 12.1 Å². The Labute approximate surface area is 127 Å². The Hall–Kier alpha value is -1.40. The zero-order chi connectivity index (χ0) is 15.6. The van der Waals surface area contributed by atoms with Gasteiger partial charge in [0.05, 0.1) is 6.61 Å². The molecule has 0 aromatic heterocycles. The van der Waals surface area contributed by atoms with E-state index in [0.717, 1.165) is 6.42 Å². The molecular weight excluding hydrogens is 293 g/mol. The van der Waals surface area contributed by atoms with Crippen LogP contribution in [-0.2, 0) is 25.4 Å². The molecule has 21 heavy (non-hydrogen) atoms. The first-order valence-electron chi connectivity index (χ1n) is 6.94. The summed E-state index contributed by atoms with van der Waals surface area (Å²) in [5.74, 6) is -1.06. The summed E-state index contributed by atoms with van der Waals surface area (Å²) in [7, 11) is 0. The van der Waals surface area contributed by atoms with Gasteiger partial charge in [0.1, 0.15) is 5.82 Å². The van der Waals surface area contributed by atoms with Gasteiger partial charge in [0.2, 0.25) is 0 Å². The highest BCUT2D eigenvalue weighted by Crippen LogP contribution is 2.37. The second-order valence-electron chi connectivity index (χ2n) is 5.59. The Kier molecular flexibility index (Phi) is 5.00. The molecule has 1 heterocycles. The van der Waals surface area contributed by atoms with Crippen molar-refractivity contribution in [1.82, 2.24) is 0 Å². The number of carbonyl (C=O) groups is 1. The van der Waals surface area contributed by atoms with Crippen molar-refractivity contribution in [2.45, 2.75) is 37.4 Å². The maximum absolute atomic E-state index is 13.9. The Morgan fingerprint density at radius 2 is 2.19 bits per heavy atom. The largest absolute Gasteiger partial charge is 0.477 e. The molecule has 4 nitrogen and oxygen atoms in total. The van der Waals surface area contributed by atoms with Gasteiger partial charge in [-0.1, -0.05) is 13.8 Å². The lowest BCUT2D eigenvalue weighted by Gasteiger charge is -2.19. The number of carbonyl (C=O) groups excluding carboxylic acids is 1. The highest BCUT2D eigenvalue weighted by molar-refractivity contribution is 7.66. The van der Waals surface area contributed by atoms with Crippen LogP contribution in [0.1, 0.15) is 54.0 Å². The van der Waals surface area contributed by atoms with E-state index in [-0.39, 0.29) is 29.3 Å². The van der Waals surface area contributed by atoms with Gasteiger partial charge in [-0.25, -0.2) is 4.39 Å². The van der Waals surface area contributed by atoms with Crippen molar-refractivity contribution >= 4 is 17.6 Å². The van der Waals surface area contributed by atoms with Gasteiger partial charge in [-0.15, -0.1) is 0 Å². The third kappa shape index (κ3) is 3.27. The number of benzene rings is 1. The maximum Gasteiger partial charge on any atom is 0.477 e. The minimum Gasteiger partial charge on any atom is -0.381 e. The molecule has 1 saturated heterocycles. The smallest absolute Gasteiger partial charge is 0.381 e. The molecule has 0 aliphatic carbocycles. The summed E-state index contributed by atoms with van der Waals surface area (Å²) in [5.41, 5.74) is 7.30. The van der Waals surface area contributed by atoms with E-state index < -0.39 is 11.2 Å². The van der Waals surface area contributed by atoms with Crippen molar-refractivity contribution in [3.63, 3.8) is 0 Å². The van der Waals surface area contributed by atoms with E-state index in [4.69, 9.17) is 10.5 Å². The molecule has 1 amide bonds. The second kappa shape index (κ2) is 6.58. The van der Waals surface area contributed by atoms with Crippen molar-refractivity contribution in [2.24, 2.45) is 5.73 Å². The number of hydrogen-bond donors (Lipinski definition) is 1. The van der Waals surface area contributed by atoms with Gasteiger partial charge in [0.15, 0.2) is 0 Å². The van der Waals surface area contributed by atoms with Crippen LogP contribution in [0.5, 0.6) is 0 Å². The molecule has 0 radical (unpaired) electrons. The van der Waals surface area contributed by atoms with E-state index in [2.05, 4.69) is 0 Å². The fourth-order valence-corrected chi connectivity index (χ4v) is 3.26. The summed E-state index contributed by atoms with van der Waals surface area (Å²) in [6.45, 7) is 4.88. The molecule has 1 aromatic carbocycles. The third-order valence-corrected chi connectivity index (χ3v) is 4.48. The molecule has 2 atom stereocenters. The third-order valence-electron chi connectivity index (χ3n) is 3.82. The monoisotopic (exact) mass is 312 g/mol. The first-order chi connectivity index (χ1) is 9.95. The zero-order valence-electron chi connectivity index (χ0n) is 12.1. The topological polar surface area (TPSA) is 69.4 Å². The van der Waals surface area contributed by atoms with Gasteiger partial charge in [0.25, 0.3) is 5.91 Å². The Morgan fingerprint density at radius 3 is 2.67 bits per heavy atom. The molecule has 2 N–H and O–H groups in total. The Balaban J connectivity index is 2.66. The number of nitrogens with two attached hydrogens (primary N) is 1. The average molecular weight is 312 g/mol. The minimum atomic E-state index is -1.00. The normalized spacial score (nSPS) is 19.7. The quantitative estimate of drug-likeness (QED) is 0.849. The Morgan fingerprint density at radius 1 is 1.48 bits per heavy atom. The van der Waals surface area contributed by atoms with Crippen LogP contribution >= 0.6 is 0 Å². The van der Waals surface area contributed by atoms with Crippen LogP contribution in [0.2, 0.25) is 0 Å². The average Bonchev–Trinajstić information content (AvgIpc) is 2.93. The first-order valence-corrected chi connectivity index (χ1v) is 7.75. The van der Waals surface area contributed by atoms with Crippen LogP contribution in [0.25, 0.3) is 0 Å². The highest BCUT2D eigenvalue weighted by atomic mass is 32.1. The van der Waals surface area contributed by atoms with Crippen LogP contribution in [0.4, 0.5) is 4.39 Å². The molecular formula is C15H19FNO3S+. The molecule has 1 aromatic rings. The van der Waals surface area contributed by atoms with Crippen molar-refractivity contribution in [1.29, 1.82) is 0 Å². The van der Waals surface area contributed by atoms with Crippen molar-refractivity contribution in [3.8, 4) is 0 Å².